The van der Waals surface area contributed by atoms with Gasteiger partial charge in [-0.1, -0.05) is 0 Å². The standard InChI is InChI=1S/C7H12O3/c1-5-6-7(2,10-9-6)3-4-8-5/h5-6H,3-4H2,1-2H3/t5-,6-,7+/m0/s1. The minimum atomic E-state index is -0.0579. The molecule has 2 aliphatic rings. The van der Waals surface area contributed by atoms with Gasteiger partial charge in [0.05, 0.1) is 12.7 Å². The Kier molecular flexibility index (Phi) is 1.27. The molecule has 2 rings (SSSR count). The van der Waals surface area contributed by atoms with Crippen molar-refractivity contribution in [3.63, 3.8) is 0 Å². The lowest BCUT2D eigenvalue weighted by atomic mass is 9.88. The van der Waals surface area contributed by atoms with Crippen molar-refractivity contribution >= 4 is 0 Å². The van der Waals surface area contributed by atoms with Gasteiger partial charge in [0.25, 0.3) is 0 Å². The molecule has 2 saturated heterocycles. The summed E-state index contributed by atoms with van der Waals surface area (Å²) in [7, 11) is 0. The minimum Gasteiger partial charge on any atom is -0.375 e. The van der Waals surface area contributed by atoms with Gasteiger partial charge < -0.3 is 4.74 Å². The molecule has 0 aromatic heterocycles. The van der Waals surface area contributed by atoms with Crippen LogP contribution in [0.15, 0.2) is 0 Å². The normalized spacial score (nSPS) is 53.4. The molecular weight excluding hydrogens is 132 g/mol. The third-order valence-electron chi connectivity index (χ3n) is 2.35. The molecule has 0 unspecified atom stereocenters. The predicted octanol–water partition coefficient (Wildman–Crippen LogP) is 0.884. The fraction of sp³-hybridized carbons (Fsp3) is 1.00. The highest BCUT2D eigenvalue weighted by Crippen LogP contribution is 2.39. The summed E-state index contributed by atoms with van der Waals surface area (Å²) in [5.41, 5.74) is -0.0579. The van der Waals surface area contributed by atoms with Crippen molar-refractivity contribution in [1.82, 2.24) is 0 Å². The van der Waals surface area contributed by atoms with Gasteiger partial charge in [0.2, 0.25) is 0 Å². The molecule has 58 valence electrons. The van der Waals surface area contributed by atoms with E-state index in [9.17, 15) is 0 Å². The summed E-state index contributed by atoms with van der Waals surface area (Å²) in [5, 5.41) is 0. The molecule has 3 atom stereocenters. The van der Waals surface area contributed by atoms with E-state index >= 15 is 0 Å². The van der Waals surface area contributed by atoms with Crippen LogP contribution in [0, 0.1) is 0 Å². The zero-order valence-electron chi connectivity index (χ0n) is 6.29. The highest BCUT2D eigenvalue weighted by molar-refractivity contribution is 4.94. The van der Waals surface area contributed by atoms with Gasteiger partial charge in [0.15, 0.2) is 6.10 Å². The van der Waals surface area contributed by atoms with Crippen molar-refractivity contribution in [3.8, 4) is 0 Å². The number of rotatable bonds is 0. The van der Waals surface area contributed by atoms with Crippen molar-refractivity contribution in [3.05, 3.63) is 0 Å². The molecule has 0 aliphatic carbocycles. The molecule has 0 spiro atoms. The second kappa shape index (κ2) is 1.94. The Morgan fingerprint density at radius 1 is 1.50 bits per heavy atom. The van der Waals surface area contributed by atoms with E-state index in [4.69, 9.17) is 14.5 Å². The van der Waals surface area contributed by atoms with Gasteiger partial charge in [-0.25, -0.2) is 9.78 Å². The molecule has 0 radical (unpaired) electrons. The summed E-state index contributed by atoms with van der Waals surface area (Å²) < 4.78 is 5.37. The van der Waals surface area contributed by atoms with E-state index < -0.39 is 0 Å². The van der Waals surface area contributed by atoms with E-state index in [1.54, 1.807) is 0 Å². The van der Waals surface area contributed by atoms with Gasteiger partial charge in [-0.3, -0.25) is 0 Å². The van der Waals surface area contributed by atoms with Crippen LogP contribution in [-0.2, 0) is 14.5 Å². The lowest BCUT2D eigenvalue weighted by Crippen LogP contribution is -2.62. The lowest BCUT2D eigenvalue weighted by molar-refractivity contribution is -0.528. The number of ether oxygens (including phenoxy) is 1. The van der Waals surface area contributed by atoms with Crippen molar-refractivity contribution in [2.45, 2.75) is 38.1 Å². The second-order valence-electron chi connectivity index (χ2n) is 3.24. The first-order chi connectivity index (χ1) is 4.72. The summed E-state index contributed by atoms with van der Waals surface area (Å²) >= 11 is 0. The van der Waals surface area contributed by atoms with Gasteiger partial charge >= 0.3 is 0 Å². The summed E-state index contributed by atoms with van der Waals surface area (Å²) in [6.07, 6.45) is 1.29. The lowest BCUT2D eigenvalue weighted by Gasteiger charge is -2.49. The minimum absolute atomic E-state index is 0.0579. The van der Waals surface area contributed by atoms with Gasteiger partial charge in [0.1, 0.15) is 5.60 Å². The van der Waals surface area contributed by atoms with Crippen LogP contribution >= 0.6 is 0 Å². The molecule has 2 heterocycles. The van der Waals surface area contributed by atoms with Crippen LogP contribution in [0.1, 0.15) is 20.3 Å². The zero-order chi connectivity index (χ0) is 7.19. The summed E-state index contributed by atoms with van der Waals surface area (Å²) in [5.74, 6) is 0. The Morgan fingerprint density at radius 3 is 2.70 bits per heavy atom. The predicted molar refractivity (Wildman–Crippen MR) is 34.4 cm³/mol. The van der Waals surface area contributed by atoms with E-state index in [1.807, 2.05) is 6.92 Å². The van der Waals surface area contributed by atoms with Crippen molar-refractivity contribution < 1.29 is 14.5 Å². The highest BCUT2D eigenvalue weighted by Gasteiger charge is 2.53. The third kappa shape index (κ3) is 0.713. The third-order valence-corrected chi connectivity index (χ3v) is 2.35. The first kappa shape index (κ1) is 6.58. The van der Waals surface area contributed by atoms with Crippen molar-refractivity contribution in [1.29, 1.82) is 0 Å². The fourth-order valence-corrected chi connectivity index (χ4v) is 1.56. The van der Waals surface area contributed by atoms with Crippen LogP contribution in [0.25, 0.3) is 0 Å². The largest absolute Gasteiger partial charge is 0.375 e. The molecule has 3 nitrogen and oxygen atoms in total. The van der Waals surface area contributed by atoms with Crippen molar-refractivity contribution in [2.75, 3.05) is 6.61 Å². The van der Waals surface area contributed by atoms with Gasteiger partial charge in [-0.15, -0.1) is 0 Å². The molecule has 2 aliphatic heterocycles. The SMILES string of the molecule is C[C@@H]1OCC[C@@]2(C)OO[C@@H]12. The van der Waals surface area contributed by atoms with E-state index in [-0.39, 0.29) is 17.8 Å². The zero-order valence-corrected chi connectivity index (χ0v) is 6.29. The van der Waals surface area contributed by atoms with Crippen LogP contribution in [0.3, 0.4) is 0 Å². The first-order valence-corrected chi connectivity index (χ1v) is 3.68. The molecule has 0 N–H and O–H groups in total. The van der Waals surface area contributed by atoms with Crippen LogP contribution in [0.4, 0.5) is 0 Å². The Hall–Kier alpha value is -0.120. The number of hydrogen-bond donors (Lipinski definition) is 0. The molecule has 0 aromatic rings. The topological polar surface area (TPSA) is 27.7 Å². The van der Waals surface area contributed by atoms with Crippen molar-refractivity contribution in [2.24, 2.45) is 0 Å². The Balaban J connectivity index is 2.09. The molecule has 10 heavy (non-hydrogen) atoms. The molecule has 2 fully saturated rings. The molecule has 0 saturated carbocycles. The van der Waals surface area contributed by atoms with Crippen LogP contribution < -0.4 is 0 Å². The maximum absolute atomic E-state index is 5.37. The first-order valence-electron chi connectivity index (χ1n) is 3.68. The monoisotopic (exact) mass is 144 g/mol. The van der Waals surface area contributed by atoms with E-state index in [1.165, 1.54) is 0 Å². The molecule has 3 heteroatoms. The van der Waals surface area contributed by atoms with Gasteiger partial charge in [-0.2, -0.15) is 0 Å². The van der Waals surface area contributed by atoms with Crippen LogP contribution in [0.2, 0.25) is 0 Å². The average Bonchev–Trinajstić information content (AvgIpc) is 1.83. The van der Waals surface area contributed by atoms with Gasteiger partial charge in [-0.05, 0) is 13.8 Å². The highest BCUT2D eigenvalue weighted by atomic mass is 17.3. The maximum atomic E-state index is 5.37. The second-order valence-corrected chi connectivity index (χ2v) is 3.24. The van der Waals surface area contributed by atoms with E-state index in [0.717, 1.165) is 13.0 Å². The van der Waals surface area contributed by atoms with Crippen LogP contribution in [0.5, 0.6) is 0 Å². The molecule has 0 aromatic carbocycles. The molecular formula is C7H12O3. The fourth-order valence-electron chi connectivity index (χ4n) is 1.56. The van der Waals surface area contributed by atoms with E-state index in [0.29, 0.717) is 0 Å². The number of fused-ring (bicyclic) bond motifs is 1. The molecule has 0 amide bonds. The molecule has 0 bridgehead atoms. The number of hydrogen-bond acceptors (Lipinski definition) is 3. The Labute approximate surface area is 60.2 Å². The Morgan fingerprint density at radius 2 is 2.30 bits per heavy atom. The summed E-state index contributed by atoms with van der Waals surface area (Å²) in [4.78, 5) is 9.94. The van der Waals surface area contributed by atoms with E-state index in [2.05, 4.69) is 6.92 Å². The maximum Gasteiger partial charge on any atom is 0.151 e. The van der Waals surface area contributed by atoms with Gasteiger partial charge in [0, 0.05) is 6.42 Å². The smallest absolute Gasteiger partial charge is 0.151 e. The summed E-state index contributed by atoms with van der Waals surface area (Å²) in [6.45, 7) is 4.88. The Bertz CT molecular complexity index is 148. The van der Waals surface area contributed by atoms with Crippen LogP contribution in [-0.4, -0.2) is 24.4 Å². The average molecular weight is 144 g/mol. The summed E-state index contributed by atoms with van der Waals surface area (Å²) in [6, 6.07) is 0. The quantitative estimate of drug-likeness (QED) is 0.472.